The number of anilines is 3. The molecule has 13 nitrogen and oxygen atoms in total. The number of aromatic nitrogens is 3. The molecule has 0 spiro atoms. The number of nitrogens with zero attached hydrogens (tertiary/aromatic N) is 5. The highest BCUT2D eigenvalue weighted by Crippen LogP contribution is 2.36. The van der Waals surface area contributed by atoms with Crippen LogP contribution in [0.1, 0.15) is 42.6 Å². The number of halogens is 4. The van der Waals surface area contributed by atoms with Crippen LogP contribution in [0.25, 0.3) is 11.1 Å². The van der Waals surface area contributed by atoms with Gasteiger partial charge >= 0.3 is 12.1 Å². The molecular weight excluding hydrogens is 640 g/mol. The topological polar surface area (TPSA) is 164 Å². The van der Waals surface area contributed by atoms with Crippen molar-refractivity contribution in [2.45, 2.75) is 44.9 Å². The fourth-order valence-electron chi connectivity index (χ4n) is 5.90. The van der Waals surface area contributed by atoms with Crippen LogP contribution in [0.3, 0.4) is 0 Å². The van der Waals surface area contributed by atoms with Gasteiger partial charge in [-0.15, -0.1) is 0 Å². The second-order valence-electron chi connectivity index (χ2n) is 11.8. The molecule has 2 atom stereocenters. The standard InChI is InChI=1S/C31H34F4N8O5/c1-17-15-43(16-18(2)39-17)25-11-23(32)20(9-24(25)40-29(48)21-14-36-26(44)10-22(21)31(33,34)35)19-12-37-30(38-13-19)42-7-5-41(6-8-42)27(45)3-4-28(46)47/h9-14,17-18,39H,3-8,15-16H2,1-2H3,(H,36,44)(H,40,48)(H,46,47)/t17-,18+. The van der Waals surface area contributed by atoms with Gasteiger partial charge in [0, 0.05) is 93.6 Å². The van der Waals surface area contributed by atoms with Crippen LogP contribution in [0.4, 0.5) is 34.9 Å². The van der Waals surface area contributed by atoms with Crippen molar-refractivity contribution >= 4 is 35.1 Å². The molecule has 0 unspecified atom stereocenters. The zero-order valence-electron chi connectivity index (χ0n) is 26.1. The molecule has 17 heteroatoms. The normalized spacial score (nSPS) is 18.5. The first kappa shape index (κ1) is 34.3. The van der Waals surface area contributed by atoms with Gasteiger partial charge in [-0.25, -0.2) is 14.4 Å². The van der Waals surface area contributed by atoms with Crippen molar-refractivity contribution in [1.29, 1.82) is 0 Å². The number of H-pyrrole nitrogens is 1. The number of hydrogen-bond acceptors (Lipinski definition) is 9. The minimum Gasteiger partial charge on any atom is -0.481 e. The van der Waals surface area contributed by atoms with Crippen molar-refractivity contribution < 1.29 is 37.1 Å². The molecular formula is C31H34F4N8O5. The fraction of sp³-hybridized carbons (Fsp3) is 0.419. The summed E-state index contributed by atoms with van der Waals surface area (Å²) in [6, 6.07) is 2.81. The number of carboxylic acids is 1. The molecule has 48 heavy (non-hydrogen) atoms. The van der Waals surface area contributed by atoms with E-state index in [9.17, 15) is 32.3 Å². The minimum absolute atomic E-state index is 0.0109. The maximum absolute atomic E-state index is 15.8. The summed E-state index contributed by atoms with van der Waals surface area (Å²) in [6.45, 7) is 6.18. The number of carbonyl (C=O) groups excluding carboxylic acids is 2. The zero-order chi connectivity index (χ0) is 34.7. The Kier molecular flexibility index (Phi) is 9.98. The lowest BCUT2D eigenvalue weighted by atomic mass is 10.0. The van der Waals surface area contributed by atoms with Gasteiger partial charge in [-0.05, 0) is 26.0 Å². The Morgan fingerprint density at radius 3 is 2.23 bits per heavy atom. The van der Waals surface area contributed by atoms with Crippen molar-refractivity contribution in [3.63, 3.8) is 0 Å². The van der Waals surface area contributed by atoms with Crippen LogP contribution in [0.5, 0.6) is 0 Å². The molecule has 2 aromatic heterocycles. The highest BCUT2D eigenvalue weighted by Gasteiger charge is 2.36. The van der Waals surface area contributed by atoms with Crippen LogP contribution in [-0.4, -0.2) is 94.1 Å². The number of amides is 2. The largest absolute Gasteiger partial charge is 0.481 e. The Hall–Kier alpha value is -5.06. The van der Waals surface area contributed by atoms with Gasteiger partial charge in [-0.3, -0.25) is 19.2 Å². The number of piperazine rings is 2. The van der Waals surface area contributed by atoms with E-state index in [1.807, 2.05) is 23.6 Å². The Labute approximate surface area is 272 Å². The summed E-state index contributed by atoms with van der Waals surface area (Å²) in [4.78, 5) is 64.1. The summed E-state index contributed by atoms with van der Waals surface area (Å²) in [5.41, 5.74) is -2.71. The quantitative estimate of drug-likeness (QED) is 0.261. The van der Waals surface area contributed by atoms with E-state index in [2.05, 4.69) is 25.6 Å². The summed E-state index contributed by atoms with van der Waals surface area (Å²) in [5.74, 6) is -2.81. The van der Waals surface area contributed by atoms with Crippen molar-refractivity contribution in [3.05, 3.63) is 64.1 Å². The Bertz CT molecular complexity index is 1730. The molecule has 0 aliphatic carbocycles. The van der Waals surface area contributed by atoms with E-state index in [1.165, 1.54) is 24.5 Å². The van der Waals surface area contributed by atoms with Crippen molar-refractivity contribution in [1.82, 2.24) is 25.2 Å². The van der Waals surface area contributed by atoms with Crippen LogP contribution < -0.4 is 26.0 Å². The number of benzene rings is 1. The first-order chi connectivity index (χ1) is 22.7. The van der Waals surface area contributed by atoms with E-state index in [0.717, 1.165) is 0 Å². The Balaban J connectivity index is 1.42. The van der Waals surface area contributed by atoms with Crippen LogP contribution in [-0.2, 0) is 15.8 Å². The molecule has 5 rings (SSSR count). The Morgan fingerprint density at radius 1 is 0.979 bits per heavy atom. The molecule has 2 saturated heterocycles. The van der Waals surface area contributed by atoms with Gasteiger partial charge in [-0.2, -0.15) is 13.2 Å². The third-order valence-corrected chi connectivity index (χ3v) is 8.12. The summed E-state index contributed by atoms with van der Waals surface area (Å²) >= 11 is 0. The monoisotopic (exact) mass is 674 g/mol. The van der Waals surface area contributed by atoms with Gasteiger partial charge in [0.2, 0.25) is 17.4 Å². The van der Waals surface area contributed by atoms with Crippen LogP contribution in [0.15, 0.2) is 41.6 Å². The zero-order valence-corrected chi connectivity index (χ0v) is 26.1. The van der Waals surface area contributed by atoms with E-state index in [0.29, 0.717) is 57.5 Å². The predicted octanol–water partition coefficient (Wildman–Crippen LogP) is 2.94. The first-order valence-electron chi connectivity index (χ1n) is 15.2. The maximum Gasteiger partial charge on any atom is 0.417 e. The molecule has 1 aromatic carbocycles. The molecule has 2 amide bonds. The molecule has 3 aromatic rings. The molecule has 2 aliphatic heterocycles. The molecule has 0 bridgehead atoms. The fourth-order valence-corrected chi connectivity index (χ4v) is 5.90. The first-order valence-corrected chi connectivity index (χ1v) is 15.2. The van der Waals surface area contributed by atoms with E-state index in [4.69, 9.17) is 5.11 Å². The van der Waals surface area contributed by atoms with Crippen molar-refractivity contribution in [2.24, 2.45) is 0 Å². The highest BCUT2D eigenvalue weighted by molar-refractivity contribution is 6.07. The second-order valence-corrected chi connectivity index (χ2v) is 11.8. The lowest BCUT2D eigenvalue weighted by Gasteiger charge is -2.38. The second kappa shape index (κ2) is 14.0. The summed E-state index contributed by atoms with van der Waals surface area (Å²) in [6.07, 6.45) is -1.86. The van der Waals surface area contributed by atoms with Crippen molar-refractivity contribution in [2.75, 3.05) is 54.4 Å². The van der Waals surface area contributed by atoms with Crippen LogP contribution >= 0.6 is 0 Å². The van der Waals surface area contributed by atoms with Gasteiger partial charge in [0.05, 0.1) is 28.9 Å². The highest BCUT2D eigenvalue weighted by atomic mass is 19.4. The van der Waals surface area contributed by atoms with E-state index in [1.54, 1.807) is 4.90 Å². The number of carboxylic acid groups (broad SMARTS) is 1. The lowest BCUT2D eigenvalue weighted by molar-refractivity contribution is -0.141. The van der Waals surface area contributed by atoms with Crippen molar-refractivity contribution in [3.8, 4) is 11.1 Å². The van der Waals surface area contributed by atoms with Crippen LogP contribution in [0, 0.1) is 5.82 Å². The number of hydrogen-bond donors (Lipinski definition) is 4. The van der Waals surface area contributed by atoms with Crippen LogP contribution in [0.2, 0.25) is 0 Å². The Morgan fingerprint density at radius 2 is 1.62 bits per heavy atom. The summed E-state index contributed by atoms with van der Waals surface area (Å²) in [5, 5.41) is 14.7. The van der Waals surface area contributed by atoms with E-state index < -0.39 is 40.6 Å². The van der Waals surface area contributed by atoms with E-state index >= 15 is 4.39 Å². The molecule has 0 saturated carbocycles. The number of carbonyl (C=O) groups is 3. The minimum atomic E-state index is -4.98. The third-order valence-electron chi connectivity index (χ3n) is 8.12. The third kappa shape index (κ3) is 7.90. The van der Waals surface area contributed by atoms with Gasteiger partial charge < -0.3 is 35.4 Å². The predicted molar refractivity (Wildman–Crippen MR) is 167 cm³/mol. The SMILES string of the molecule is C[C@@H]1CN(c2cc(F)c(-c3cnc(N4CCN(C(=O)CCC(=O)O)CC4)nc3)cc2NC(=O)c2c[nH]c(=O)cc2C(F)(F)F)C[C@H](C)N1. The maximum atomic E-state index is 15.8. The van der Waals surface area contributed by atoms with Gasteiger partial charge in [-0.1, -0.05) is 0 Å². The molecule has 4 N–H and O–H groups in total. The van der Waals surface area contributed by atoms with Gasteiger partial charge in [0.25, 0.3) is 5.91 Å². The molecule has 4 heterocycles. The molecule has 0 radical (unpaired) electrons. The molecule has 256 valence electrons. The number of pyridine rings is 1. The van der Waals surface area contributed by atoms with E-state index in [-0.39, 0.29) is 53.3 Å². The number of alkyl halides is 3. The molecule has 2 fully saturated rings. The van der Waals surface area contributed by atoms with Gasteiger partial charge in [0.1, 0.15) is 5.82 Å². The van der Waals surface area contributed by atoms with Gasteiger partial charge in [0.15, 0.2) is 0 Å². The average molecular weight is 675 g/mol. The summed E-state index contributed by atoms with van der Waals surface area (Å²) < 4.78 is 57.0. The number of nitrogens with one attached hydrogen (secondary N) is 3. The smallest absolute Gasteiger partial charge is 0.417 e. The average Bonchev–Trinajstić information content (AvgIpc) is 3.03. The number of rotatable bonds is 8. The number of aromatic amines is 1. The molecule has 2 aliphatic rings. The summed E-state index contributed by atoms with van der Waals surface area (Å²) in [7, 11) is 0. The lowest BCUT2D eigenvalue weighted by Crippen LogP contribution is -2.54. The number of aliphatic carboxylic acids is 1.